The molecule has 0 aromatic rings. The van der Waals surface area contributed by atoms with Gasteiger partial charge in [0.2, 0.25) is 11.8 Å². The Morgan fingerprint density at radius 3 is 2.63 bits per heavy atom. The fraction of sp³-hybridized carbons (Fsp3) is 0.789. The van der Waals surface area contributed by atoms with Crippen molar-refractivity contribution in [3.8, 4) is 0 Å². The van der Waals surface area contributed by atoms with Crippen molar-refractivity contribution in [3.63, 3.8) is 0 Å². The summed E-state index contributed by atoms with van der Waals surface area (Å²) in [7, 11) is 2.95. The van der Waals surface area contributed by atoms with Gasteiger partial charge in [0, 0.05) is 33.1 Å². The molecule has 2 fully saturated rings. The summed E-state index contributed by atoms with van der Waals surface area (Å²) in [6, 6.07) is 0.180. The molecule has 8 heteroatoms. The first-order valence-electron chi connectivity index (χ1n) is 9.65. The summed E-state index contributed by atoms with van der Waals surface area (Å²) in [4.78, 5) is 51.0. The molecule has 0 spiro atoms. The third kappa shape index (κ3) is 5.20. The van der Waals surface area contributed by atoms with Crippen molar-refractivity contribution in [2.45, 2.75) is 45.6 Å². The second kappa shape index (κ2) is 9.19. The van der Waals surface area contributed by atoms with Gasteiger partial charge in [-0.1, -0.05) is 26.7 Å². The summed E-state index contributed by atoms with van der Waals surface area (Å²) in [5.41, 5.74) is 0. The maximum Gasteiger partial charge on any atom is 0.311 e. The van der Waals surface area contributed by atoms with Gasteiger partial charge in [-0.15, -0.1) is 0 Å². The fourth-order valence-corrected chi connectivity index (χ4v) is 3.95. The summed E-state index contributed by atoms with van der Waals surface area (Å²) in [6.07, 6.45) is 3.39. The number of esters is 1. The molecule has 3 amide bonds. The number of carbonyl (C=O) groups excluding carboxylic acids is 4. The Morgan fingerprint density at radius 1 is 1.26 bits per heavy atom. The van der Waals surface area contributed by atoms with Crippen LogP contribution in [0.25, 0.3) is 0 Å². The van der Waals surface area contributed by atoms with Crippen LogP contribution in [0.3, 0.4) is 0 Å². The average molecular weight is 381 g/mol. The van der Waals surface area contributed by atoms with Crippen molar-refractivity contribution < 1.29 is 23.9 Å². The van der Waals surface area contributed by atoms with Gasteiger partial charge in [0.05, 0.1) is 12.5 Å². The Balaban J connectivity index is 1.84. The van der Waals surface area contributed by atoms with Crippen LogP contribution >= 0.6 is 0 Å². The number of ether oxygens (including phenoxy) is 1. The predicted molar refractivity (Wildman–Crippen MR) is 98.4 cm³/mol. The van der Waals surface area contributed by atoms with E-state index in [-0.39, 0.29) is 30.8 Å². The van der Waals surface area contributed by atoms with Crippen molar-refractivity contribution >= 4 is 23.7 Å². The SMILES string of the molecule is CNC(=O)CN(C)C(=O)COC(=O)[C@@H]1CC(=O)N([C@@H]2CCC[C@H](C)[C@H]2C)C1. The van der Waals surface area contributed by atoms with E-state index in [0.29, 0.717) is 18.4 Å². The molecule has 4 atom stereocenters. The largest absolute Gasteiger partial charge is 0.455 e. The number of amides is 3. The normalized spacial score (nSPS) is 28.0. The molecule has 0 bridgehead atoms. The second-order valence-corrected chi connectivity index (χ2v) is 7.81. The molecule has 1 N–H and O–H groups in total. The lowest BCUT2D eigenvalue weighted by molar-refractivity contribution is -0.155. The zero-order valence-electron chi connectivity index (χ0n) is 16.7. The lowest BCUT2D eigenvalue weighted by Crippen LogP contribution is -2.45. The lowest BCUT2D eigenvalue weighted by atomic mass is 9.77. The van der Waals surface area contributed by atoms with Gasteiger partial charge >= 0.3 is 5.97 Å². The van der Waals surface area contributed by atoms with Gasteiger partial charge < -0.3 is 19.9 Å². The Labute approximate surface area is 160 Å². The molecule has 1 saturated carbocycles. The summed E-state index contributed by atoms with van der Waals surface area (Å²) in [6.45, 7) is 4.23. The molecule has 8 nitrogen and oxygen atoms in total. The van der Waals surface area contributed by atoms with Crippen LogP contribution in [-0.4, -0.2) is 73.3 Å². The number of hydrogen-bond acceptors (Lipinski definition) is 5. The van der Waals surface area contributed by atoms with E-state index in [1.54, 1.807) is 0 Å². The number of nitrogens with zero attached hydrogens (tertiary/aromatic N) is 2. The third-order valence-electron chi connectivity index (χ3n) is 5.98. The molecule has 0 aromatic carbocycles. The number of likely N-dealkylation sites (tertiary alicyclic amines) is 1. The fourth-order valence-electron chi connectivity index (χ4n) is 3.95. The molecule has 2 aliphatic rings. The number of rotatable bonds is 6. The minimum atomic E-state index is -0.529. The van der Waals surface area contributed by atoms with Crippen LogP contribution in [0.5, 0.6) is 0 Å². The van der Waals surface area contributed by atoms with Crippen LogP contribution in [0.2, 0.25) is 0 Å². The monoisotopic (exact) mass is 381 g/mol. The topological polar surface area (TPSA) is 96.0 Å². The minimum absolute atomic E-state index is 0.00837. The summed E-state index contributed by atoms with van der Waals surface area (Å²) < 4.78 is 5.12. The first-order chi connectivity index (χ1) is 12.7. The van der Waals surface area contributed by atoms with Crippen molar-refractivity contribution in [1.29, 1.82) is 0 Å². The molecule has 1 heterocycles. The highest BCUT2D eigenvalue weighted by Gasteiger charge is 2.42. The molecule has 1 saturated heterocycles. The second-order valence-electron chi connectivity index (χ2n) is 7.81. The molecular formula is C19H31N3O5. The highest BCUT2D eigenvalue weighted by Crippen LogP contribution is 2.35. The van der Waals surface area contributed by atoms with Crippen LogP contribution in [0.4, 0.5) is 0 Å². The van der Waals surface area contributed by atoms with E-state index >= 15 is 0 Å². The maximum absolute atomic E-state index is 12.4. The number of nitrogens with one attached hydrogen (secondary N) is 1. The number of carbonyl (C=O) groups is 4. The van der Waals surface area contributed by atoms with Crippen LogP contribution in [0, 0.1) is 17.8 Å². The standard InChI is InChI=1S/C19H31N3O5/c1-12-6-5-7-15(13(12)2)22-9-14(8-17(22)24)19(26)27-11-18(25)21(4)10-16(23)20-3/h12-15H,5-11H2,1-4H3,(H,20,23)/t12-,13+,14+,15+/m0/s1. The maximum atomic E-state index is 12.4. The highest BCUT2D eigenvalue weighted by molar-refractivity contribution is 5.89. The van der Waals surface area contributed by atoms with Crippen molar-refractivity contribution in [3.05, 3.63) is 0 Å². The van der Waals surface area contributed by atoms with Gasteiger partial charge in [-0.25, -0.2) is 0 Å². The van der Waals surface area contributed by atoms with E-state index in [1.165, 1.54) is 25.4 Å². The first kappa shape index (κ1) is 21.2. The zero-order valence-corrected chi connectivity index (χ0v) is 16.7. The molecule has 0 radical (unpaired) electrons. The predicted octanol–water partition coefficient (Wildman–Crippen LogP) is 0.407. The minimum Gasteiger partial charge on any atom is -0.455 e. The van der Waals surface area contributed by atoms with E-state index in [4.69, 9.17) is 4.74 Å². The Morgan fingerprint density at radius 2 is 1.96 bits per heavy atom. The van der Waals surface area contributed by atoms with E-state index < -0.39 is 24.4 Å². The average Bonchev–Trinajstić information content (AvgIpc) is 3.03. The quantitative estimate of drug-likeness (QED) is 0.672. The molecule has 0 aromatic heterocycles. The van der Waals surface area contributed by atoms with E-state index in [9.17, 15) is 19.2 Å². The number of likely N-dealkylation sites (N-methyl/N-ethyl adjacent to an activating group) is 2. The smallest absolute Gasteiger partial charge is 0.311 e. The Hall–Kier alpha value is -2.12. The van der Waals surface area contributed by atoms with E-state index in [1.807, 2.05) is 4.90 Å². The molecule has 1 aliphatic carbocycles. The van der Waals surface area contributed by atoms with Crippen molar-refractivity contribution in [2.75, 3.05) is 33.8 Å². The molecule has 27 heavy (non-hydrogen) atoms. The van der Waals surface area contributed by atoms with Gasteiger partial charge in [0.1, 0.15) is 0 Å². The number of hydrogen-bond donors (Lipinski definition) is 1. The molecule has 152 valence electrons. The highest BCUT2D eigenvalue weighted by atomic mass is 16.5. The van der Waals surface area contributed by atoms with Gasteiger partial charge in [-0.3, -0.25) is 19.2 Å². The summed E-state index contributed by atoms with van der Waals surface area (Å²) in [5, 5.41) is 2.42. The molecule has 1 aliphatic heterocycles. The summed E-state index contributed by atoms with van der Waals surface area (Å²) >= 11 is 0. The Kier molecular flexibility index (Phi) is 7.21. The van der Waals surface area contributed by atoms with E-state index in [2.05, 4.69) is 19.2 Å². The Bertz CT molecular complexity index is 594. The molecular weight excluding hydrogens is 350 g/mol. The first-order valence-corrected chi connectivity index (χ1v) is 9.65. The lowest BCUT2D eigenvalue weighted by Gasteiger charge is -2.39. The van der Waals surface area contributed by atoms with Crippen LogP contribution < -0.4 is 5.32 Å². The molecule has 2 rings (SSSR count). The van der Waals surface area contributed by atoms with Crippen LogP contribution in [0.1, 0.15) is 39.5 Å². The third-order valence-corrected chi connectivity index (χ3v) is 5.98. The van der Waals surface area contributed by atoms with Gasteiger partial charge in [-0.2, -0.15) is 0 Å². The van der Waals surface area contributed by atoms with Crippen LogP contribution in [0.15, 0.2) is 0 Å². The van der Waals surface area contributed by atoms with E-state index in [0.717, 1.165) is 12.8 Å². The summed E-state index contributed by atoms with van der Waals surface area (Å²) in [5.74, 6) is -0.838. The van der Waals surface area contributed by atoms with Crippen molar-refractivity contribution in [2.24, 2.45) is 17.8 Å². The van der Waals surface area contributed by atoms with Crippen molar-refractivity contribution in [1.82, 2.24) is 15.1 Å². The van der Waals surface area contributed by atoms with Gasteiger partial charge in [-0.05, 0) is 18.3 Å². The zero-order chi connectivity index (χ0) is 20.1. The molecule has 0 unspecified atom stereocenters. The van der Waals surface area contributed by atoms with Crippen LogP contribution in [-0.2, 0) is 23.9 Å². The van der Waals surface area contributed by atoms with Gasteiger partial charge in [0.25, 0.3) is 5.91 Å². The van der Waals surface area contributed by atoms with Gasteiger partial charge in [0.15, 0.2) is 6.61 Å².